The van der Waals surface area contributed by atoms with E-state index >= 15 is 0 Å². The van der Waals surface area contributed by atoms with E-state index in [1.807, 2.05) is 37.3 Å². The second-order valence-corrected chi connectivity index (χ2v) is 9.66. The van der Waals surface area contributed by atoms with Gasteiger partial charge in [-0.05, 0) is 39.2 Å². The molecule has 10 nitrogen and oxygen atoms in total. The Hall–Kier alpha value is -3.30. The summed E-state index contributed by atoms with van der Waals surface area (Å²) < 4.78 is 15.9. The summed E-state index contributed by atoms with van der Waals surface area (Å²) in [5.74, 6) is -0.798. The Bertz CT molecular complexity index is 862. The summed E-state index contributed by atoms with van der Waals surface area (Å²) >= 11 is 0. The summed E-state index contributed by atoms with van der Waals surface area (Å²) in [5, 5.41) is 2.61. The molecule has 10 heteroatoms. The molecule has 1 atom stereocenters. The van der Waals surface area contributed by atoms with Gasteiger partial charge in [-0.1, -0.05) is 43.7 Å². The van der Waals surface area contributed by atoms with Gasteiger partial charge in [0.1, 0.15) is 18.2 Å². The van der Waals surface area contributed by atoms with Crippen LogP contribution in [0.5, 0.6) is 0 Å². The fourth-order valence-electron chi connectivity index (χ4n) is 3.54. The molecule has 1 saturated heterocycles. The van der Waals surface area contributed by atoms with Gasteiger partial charge in [0.2, 0.25) is 5.91 Å². The molecule has 0 saturated carbocycles. The number of hydrogen-bond donors (Lipinski definition) is 1. The van der Waals surface area contributed by atoms with E-state index in [-0.39, 0.29) is 31.4 Å². The third-order valence-electron chi connectivity index (χ3n) is 5.43. The molecule has 0 aromatic heterocycles. The van der Waals surface area contributed by atoms with Gasteiger partial charge in [0.25, 0.3) is 0 Å². The van der Waals surface area contributed by atoms with Crippen molar-refractivity contribution in [2.24, 2.45) is 0 Å². The Kier molecular flexibility index (Phi) is 11.5. The van der Waals surface area contributed by atoms with Gasteiger partial charge >= 0.3 is 18.2 Å². The molecule has 0 spiro atoms. The van der Waals surface area contributed by atoms with Gasteiger partial charge in [0.05, 0.1) is 6.61 Å². The zero-order chi connectivity index (χ0) is 26.6. The lowest BCUT2D eigenvalue weighted by atomic mass is 10.1. The molecule has 36 heavy (non-hydrogen) atoms. The van der Waals surface area contributed by atoms with Crippen molar-refractivity contribution in [2.75, 3.05) is 32.8 Å². The number of nitrogens with zero attached hydrogens (tertiary/aromatic N) is 2. The molecule has 0 radical (unpaired) electrons. The van der Waals surface area contributed by atoms with Crippen molar-refractivity contribution in [2.45, 2.75) is 71.6 Å². The number of benzene rings is 1. The minimum absolute atomic E-state index is 0.0453. The second-order valence-electron chi connectivity index (χ2n) is 9.66. The van der Waals surface area contributed by atoms with Crippen molar-refractivity contribution in [1.82, 2.24) is 15.1 Å². The molecule has 2 rings (SSSR count). The molecule has 1 fully saturated rings. The number of nitrogens with one attached hydrogen (secondary N) is 1. The Labute approximate surface area is 213 Å². The molecule has 1 unspecified atom stereocenters. The molecule has 200 valence electrons. The smallest absolute Gasteiger partial charge is 0.409 e. The topological polar surface area (TPSA) is 114 Å². The van der Waals surface area contributed by atoms with Gasteiger partial charge in [0.15, 0.2) is 0 Å². The number of carbonyl (C=O) groups is 4. The highest BCUT2D eigenvalue weighted by Gasteiger charge is 2.31. The summed E-state index contributed by atoms with van der Waals surface area (Å²) in [4.78, 5) is 53.3. The molecule has 3 amide bonds. The molecule has 1 heterocycles. The highest BCUT2D eigenvalue weighted by atomic mass is 16.6. The SMILES string of the molecule is CCCCOC(=O)N1CCN(C(=O)C(CCC(=O)OC(C)(C)C)NC(=O)OCc2ccccc2)CC1. The number of unbranched alkanes of at least 4 members (excludes halogenated alkanes) is 1. The molecule has 0 bridgehead atoms. The van der Waals surface area contributed by atoms with Crippen molar-refractivity contribution < 1.29 is 33.4 Å². The molecule has 1 aliphatic rings. The Morgan fingerprint density at radius 1 is 0.972 bits per heavy atom. The molecule has 1 aliphatic heterocycles. The summed E-state index contributed by atoms with van der Waals surface area (Å²) in [6.45, 7) is 8.98. The number of rotatable bonds is 10. The number of piperazine rings is 1. The predicted octanol–water partition coefficient (Wildman–Crippen LogP) is 3.48. The van der Waals surface area contributed by atoms with Gasteiger partial charge in [-0.3, -0.25) is 9.59 Å². The Balaban J connectivity index is 1.95. The summed E-state index contributed by atoms with van der Waals surface area (Å²) in [7, 11) is 0. The van der Waals surface area contributed by atoms with Crippen LogP contribution in [0, 0.1) is 0 Å². The fraction of sp³-hybridized carbons (Fsp3) is 0.615. The van der Waals surface area contributed by atoms with E-state index in [1.165, 1.54) is 0 Å². The first-order chi connectivity index (χ1) is 17.1. The zero-order valence-corrected chi connectivity index (χ0v) is 21.8. The second kappa shape index (κ2) is 14.3. The lowest BCUT2D eigenvalue weighted by Gasteiger charge is -2.36. The van der Waals surface area contributed by atoms with E-state index in [1.54, 1.807) is 30.6 Å². The summed E-state index contributed by atoms with van der Waals surface area (Å²) in [6.07, 6.45) is 0.611. The number of carbonyl (C=O) groups excluding carboxylic acids is 4. The molecule has 1 aromatic carbocycles. The predicted molar refractivity (Wildman–Crippen MR) is 133 cm³/mol. The van der Waals surface area contributed by atoms with Crippen LogP contribution in [-0.4, -0.2) is 78.3 Å². The van der Waals surface area contributed by atoms with Crippen LogP contribution in [0.4, 0.5) is 9.59 Å². The lowest BCUT2D eigenvalue weighted by molar-refractivity contribution is -0.155. The quantitative estimate of drug-likeness (QED) is 0.294. The first-order valence-corrected chi connectivity index (χ1v) is 12.5. The summed E-state index contributed by atoms with van der Waals surface area (Å²) in [5.41, 5.74) is 0.159. The van der Waals surface area contributed by atoms with Gasteiger partial charge < -0.3 is 29.3 Å². The van der Waals surface area contributed by atoms with Crippen molar-refractivity contribution in [1.29, 1.82) is 0 Å². The zero-order valence-electron chi connectivity index (χ0n) is 21.8. The maximum absolute atomic E-state index is 13.3. The third-order valence-corrected chi connectivity index (χ3v) is 5.43. The van der Waals surface area contributed by atoms with Crippen LogP contribution in [0.15, 0.2) is 30.3 Å². The lowest BCUT2D eigenvalue weighted by Crippen LogP contribution is -2.56. The number of hydrogen-bond acceptors (Lipinski definition) is 7. The van der Waals surface area contributed by atoms with Crippen molar-refractivity contribution in [3.8, 4) is 0 Å². The molecular weight excluding hydrogens is 466 g/mol. The van der Waals surface area contributed by atoms with Crippen molar-refractivity contribution in [3.63, 3.8) is 0 Å². The number of esters is 1. The minimum atomic E-state index is -0.969. The van der Waals surface area contributed by atoms with E-state index in [0.717, 1.165) is 18.4 Å². The summed E-state index contributed by atoms with van der Waals surface area (Å²) in [6, 6.07) is 8.21. The van der Waals surface area contributed by atoms with Crippen LogP contribution in [0.2, 0.25) is 0 Å². The first-order valence-electron chi connectivity index (χ1n) is 12.5. The number of amides is 3. The monoisotopic (exact) mass is 505 g/mol. The molecule has 0 aliphatic carbocycles. The highest BCUT2D eigenvalue weighted by Crippen LogP contribution is 2.13. The Morgan fingerprint density at radius 3 is 2.22 bits per heavy atom. The van der Waals surface area contributed by atoms with Crippen LogP contribution >= 0.6 is 0 Å². The van der Waals surface area contributed by atoms with Crippen LogP contribution in [-0.2, 0) is 30.4 Å². The average Bonchev–Trinajstić information content (AvgIpc) is 2.84. The van der Waals surface area contributed by atoms with Crippen LogP contribution in [0.1, 0.15) is 58.9 Å². The van der Waals surface area contributed by atoms with Gasteiger partial charge in [-0.2, -0.15) is 0 Å². The van der Waals surface area contributed by atoms with Gasteiger partial charge in [-0.25, -0.2) is 9.59 Å². The fourth-order valence-corrected chi connectivity index (χ4v) is 3.54. The molecule has 1 N–H and O–H groups in total. The van der Waals surface area contributed by atoms with Gasteiger partial charge in [0, 0.05) is 32.6 Å². The highest BCUT2D eigenvalue weighted by molar-refractivity contribution is 5.86. The number of ether oxygens (including phenoxy) is 3. The molecular formula is C26H39N3O7. The van der Waals surface area contributed by atoms with Crippen molar-refractivity contribution in [3.05, 3.63) is 35.9 Å². The third kappa shape index (κ3) is 10.5. The number of alkyl carbamates (subject to hydrolysis) is 1. The first kappa shape index (κ1) is 28.9. The van der Waals surface area contributed by atoms with Crippen LogP contribution in [0.25, 0.3) is 0 Å². The maximum atomic E-state index is 13.3. The average molecular weight is 506 g/mol. The Morgan fingerprint density at radius 2 is 1.61 bits per heavy atom. The van der Waals surface area contributed by atoms with E-state index in [9.17, 15) is 19.2 Å². The van der Waals surface area contributed by atoms with Crippen molar-refractivity contribution >= 4 is 24.1 Å². The van der Waals surface area contributed by atoms with Crippen LogP contribution < -0.4 is 5.32 Å². The maximum Gasteiger partial charge on any atom is 0.409 e. The normalized spacial score (nSPS) is 14.6. The van der Waals surface area contributed by atoms with E-state index < -0.39 is 23.7 Å². The largest absolute Gasteiger partial charge is 0.460 e. The standard InChI is InChI=1S/C26H39N3O7/c1-5-6-18-34-25(33)29-16-14-28(15-17-29)23(31)21(12-13-22(30)36-26(2,3)4)27-24(32)35-19-20-10-8-7-9-11-20/h7-11,21H,5-6,12-19H2,1-4H3,(H,27,32). The van der Waals surface area contributed by atoms with E-state index in [0.29, 0.717) is 32.8 Å². The minimum Gasteiger partial charge on any atom is -0.460 e. The van der Waals surface area contributed by atoms with E-state index in [4.69, 9.17) is 14.2 Å². The van der Waals surface area contributed by atoms with Gasteiger partial charge in [-0.15, -0.1) is 0 Å². The van der Waals surface area contributed by atoms with Crippen LogP contribution in [0.3, 0.4) is 0 Å². The molecule has 1 aromatic rings. The van der Waals surface area contributed by atoms with E-state index in [2.05, 4.69) is 5.32 Å².